The summed E-state index contributed by atoms with van der Waals surface area (Å²) in [6.07, 6.45) is 9.08. The molecule has 7 nitrogen and oxygen atoms in total. The number of nitrogens with zero attached hydrogens (tertiary/aromatic N) is 6. The molecule has 2 fully saturated rings. The number of hydrogen-bond acceptors (Lipinski definition) is 7. The highest BCUT2D eigenvalue weighted by molar-refractivity contribution is 9.10. The van der Waals surface area contributed by atoms with Crippen LogP contribution in [0.3, 0.4) is 0 Å². The first kappa shape index (κ1) is 19.1. The number of anilines is 3. The van der Waals surface area contributed by atoms with Gasteiger partial charge in [-0.15, -0.1) is 0 Å². The molecule has 148 valence electrons. The van der Waals surface area contributed by atoms with E-state index in [1.807, 2.05) is 24.3 Å². The third-order valence-electron chi connectivity index (χ3n) is 5.16. The normalized spacial score (nSPS) is 17.9. The van der Waals surface area contributed by atoms with E-state index in [4.69, 9.17) is 4.98 Å². The number of benzene rings is 1. The minimum atomic E-state index is 0.499. The van der Waals surface area contributed by atoms with Crippen molar-refractivity contribution >= 4 is 40.0 Å². The minimum absolute atomic E-state index is 0.499. The summed E-state index contributed by atoms with van der Waals surface area (Å²) in [5.74, 6) is 2.02. The Kier molecular flexibility index (Phi) is 6.36. The summed E-state index contributed by atoms with van der Waals surface area (Å²) in [5.41, 5.74) is 4.01. The van der Waals surface area contributed by atoms with E-state index in [1.165, 1.54) is 38.5 Å². The highest BCUT2D eigenvalue weighted by atomic mass is 79.9. The van der Waals surface area contributed by atoms with Crippen LogP contribution in [0.2, 0.25) is 0 Å². The summed E-state index contributed by atoms with van der Waals surface area (Å²) in [6.45, 7) is 4.01. The van der Waals surface area contributed by atoms with Crippen LogP contribution in [0, 0.1) is 0 Å². The van der Waals surface area contributed by atoms with Crippen LogP contribution in [-0.2, 0) is 0 Å². The fourth-order valence-corrected chi connectivity index (χ4v) is 4.00. The van der Waals surface area contributed by atoms with Gasteiger partial charge in [-0.1, -0.05) is 34.1 Å². The first-order valence-corrected chi connectivity index (χ1v) is 10.9. The smallest absolute Gasteiger partial charge is 0.250 e. The molecule has 0 saturated carbocycles. The fourth-order valence-electron chi connectivity index (χ4n) is 3.61. The van der Waals surface area contributed by atoms with E-state index in [0.717, 1.165) is 48.1 Å². The molecule has 2 aromatic rings. The fraction of sp³-hybridized carbons (Fsp3) is 0.500. The molecule has 1 N–H and O–H groups in total. The maximum Gasteiger partial charge on any atom is 0.250 e. The molecule has 0 spiro atoms. The molecule has 1 aromatic heterocycles. The van der Waals surface area contributed by atoms with Gasteiger partial charge >= 0.3 is 0 Å². The zero-order valence-corrected chi connectivity index (χ0v) is 17.6. The second-order valence-electron chi connectivity index (χ2n) is 7.25. The third-order valence-corrected chi connectivity index (χ3v) is 5.89. The largest absolute Gasteiger partial charge is 0.341 e. The molecule has 8 heteroatoms. The Labute approximate surface area is 174 Å². The molecule has 1 aromatic carbocycles. The maximum atomic E-state index is 4.79. The molecule has 4 rings (SSSR count). The highest BCUT2D eigenvalue weighted by Crippen LogP contribution is 2.22. The van der Waals surface area contributed by atoms with E-state index in [-0.39, 0.29) is 0 Å². The molecule has 28 heavy (non-hydrogen) atoms. The van der Waals surface area contributed by atoms with E-state index in [2.05, 4.69) is 46.2 Å². The van der Waals surface area contributed by atoms with Crippen LogP contribution in [0.1, 0.15) is 44.1 Å². The van der Waals surface area contributed by atoms with Gasteiger partial charge in [0.25, 0.3) is 0 Å². The zero-order valence-electron chi connectivity index (χ0n) is 16.0. The van der Waals surface area contributed by atoms with Crippen molar-refractivity contribution in [1.82, 2.24) is 15.0 Å². The van der Waals surface area contributed by atoms with Gasteiger partial charge in [-0.05, 0) is 44.6 Å². The van der Waals surface area contributed by atoms with Crippen molar-refractivity contribution in [1.29, 1.82) is 0 Å². The van der Waals surface area contributed by atoms with Gasteiger partial charge < -0.3 is 9.80 Å². The average molecular weight is 444 g/mol. The summed E-state index contributed by atoms with van der Waals surface area (Å²) >= 11 is 3.54. The monoisotopic (exact) mass is 443 g/mol. The molecule has 0 radical (unpaired) electrons. The number of piperidine rings is 2. The first-order chi connectivity index (χ1) is 13.8. The number of halogens is 1. The van der Waals surface area contributed by atoms with Gasteiger partial charge in [-0.25, -0.2) is 5.43 Å². The first-order valence-electron chi connectivity index (χ1n) is 10.1. The molecular formula is C20H26BrN7. The quantitative estimate of drug-likeness (QED) is 0.554. The van der Waals surface area contributed by atoms with Crippen molar-refractivity contribution in [2.24, 2.45) is 5.10 Å². The summed E-state index contributed by atoms with van der Waals surface area (Å²) in [5, 5.41) is 4.35. The van der Waals surface area contributed by atoms with Crippen molar-refractivity contribution in [2.45, 2.75) is 38.5 Å². The summed E-state index contributed by atoms with van der Waals surface area (Å²) in [4.78, 5) is 18.6. The van der Waals surface area contributed by atoms with Crippen LogP contribution in [-0.4, -0.2) is 47.3 Å². The molecule has 0 bridgehead atoms. The third kappa shape index (κ3) is 4.79. The summed E-state index contributed by atoms with van der Waals surface area (Å²) < 4.78 is 0.999. The van der Waals surface area contributed by atoms with Crippen molar-refractivity contribution < 1.29 is 0 Å². The van der Waals surface area contributed by atoms with Crippen molar-refractivity contribution in [2.75, 3.05) is 41.4 Å². The number of rotatable bonds is 5. The Hall–Kier alpha value is -2.22. The highest BCUT2D eigenvalue weighted by Gasteiger charge is 2.20. The molecule has 2 aliphatic heterocycles. The SMILES string of the molecule is Brc1ccccc1C=NNc1nc(N2CCCCC2)nc(N2CCCCC2)n1. The molecule has 0 unspecified atom stereocenters. The van der Waals surface area contributed by atoms with E-state index in [1.54, 1.807) is 6.21 Å². The van der Waals surface area contributed by atoms with Crippen LogP contribution in [0.25, 0.3) is 0 Å². The van der Waals surface area contributed by atoms with Gasteiger partial charge in [-0.2, -0.15) is 20.1 Å². The van der Waals surface area contributed by atoms with Crippen molar-refractivity contribution in [3.05, 3.63) is 34.3 Å². The Bertz CT molecular complexity index is 778. The molecule has 0 atom stereocenters. The van der Waals surface area contributed by atoms with Gasteiger partial charge in [0, 0.05) is 36.2 Å². The molecule has 2 saturated heterocycles. The van der Waals surface area contributed by atoms with Gasteiger partial charge in [-0.3, -0.25) is 0 Å². The van der Waals surface area contributed by atoms with Gasteiger partial charge in [0.05, 0.1) is 6.21 Å². The minimum Gasteiger partial charge on any atom is -0.341 e. The Balaban J connectivity index is 1.56. The predicted octanol–water partition coefficient (Wildman–Crippen LogP) is 4.06. The van der Waals surface area contributed by atoms with Crippen LogP contribution in [0.5, 0.6) is 0 Å². The summed E-state index contributed by atoms with van der Waals surface area (Å²) in [7, 11) is 0. The van der Waals surface area contributed by atoms with Crippen molar-refractivity contribution in [3.63, 3.8) is 0 Å². The van der Waals surface area contributed by atoms with E-state index < -0.39 is 0 Å². The van der Waals surface area contributed by atoms with Gasteiger partial charge in [0.2, 0.25) is 17.8 Å². The Morgan fingerprint density at radius 1 is 0.821 bits per heavy atom. The topological polar surface area (TPSA) is 69.5 Å². The maximum absolute atomic E-state index is 4.79. The standard InChI is InChI=1S/C20H26BrN7/c21-17-10-4-3-9-16(17)15-22-26-18-23-19(27-11-5-1-6-12-27)25-20(24-18)28-13-7-2-8-14-28/h3-4,9-10,15H,1-2,5-8,11-14H2,(H,23,24,25,26). The van der Waals surface area contributed by atoms with E-state index >= 15 is 0 Å². The van der Waals surface area contributed by atoms with Crippen LogP contribution >= 0.6 is 15.9 Å². The summed E-state index contributed by atoms with van der Waals surface area (Å²) in [6, 6.07) is 7.96. The van der Waals surface area contributed by atoms with Crippen LogP contribution in [0.4, 0.5) is 17.8 Å². The number of aromatic nitrogens is 3. The van der Waals surface area contributed by atoms with E-state index in [9.17, 15) is 0 Å². The second kappa shape index (κ2) is 9.32. The van der Waals surface area contributed by atoms with Crippen LogP contribution < -0.4 is 15.2 Å². The lowest BCUT2D eigenvalue weighted by atomic mass is 10.1. The van der Waals surface area contributed by atoms with Crippen LogP contribution in [0.15, 0.2) is 33.8 Å². The Morgan fingerprint density at radius 2 is 1.39 bits per heavy atom. The second-order valence-corrected chi connectivity index (χ2v) is 8.10. The molecule has 0 amide bonds. The lowest BCUT2D eigenvalue weighted by Crippen LogP contribution is -2.34. The Morgan fingerprint density at radius 3 is 1.96 bits per heavy atom. The molecule has 3 heterocycles. The number of hydrazone groups is 1. The molecule has 0 aliphatic carbocycles. The number of nitrogens with one attached hydrogen (secondary N) is 1. The van der Waals surface area contributed by atoms with Gasteiger partial charge in [0.1, 0.15) is 0 Å². The van der Waals surface area contributed by atoms with E-state index in [0.29, 0.717) is 5.95 Å². The zero-order chi connectivity index (χ0) is 19.2. The predicted molar refractivity (Wildman–Crippen MR) is 117 cm³/mol. The van der Waals surface area contributed by atoms with Crippen molar-refractivity contribution in [3.8, 4) is 0 Å². The number of hydrogen-bond donors (Lipinski definition) is 1. The van der Waals surface area contributed by atoms with Gasteiger partial charge in [0.15, 0.2) is 0 Å². The lowest BCUT2D eigenvalue weighted by Gasteiger charge is -2.30. The average Bonchev–Trinajstić information content (AvgIpc) is 2.76. The molecule has 2 aliphatic rings. The molecular weight excluding hydrogens is 418 g/mol. The lowest BCUT2D eigenvalue weighted by molar-refractivity contribution is 0.556.